The Hall–Kier alpha value is -2.53. The first-order valence-electron chi connectivity index (χ1n) is 8.89. The van der Waals surface area contributed by atoms with Gasteiger partial charge in [-0.3, -0.25) is 4.90 Å². The Balaban J connectivity index is 1.30. The van der Waals surface area contributed by atoms with Crippen LogP contribution in [0.2, 0.25) is 0 Å². The van der Waals surface area contributed by atoms with E-state index in [4.69, 9.17) is 0 Å². The van der Waals surface area contributed by atoms with Gasteiger partial charge in [-0.15, -0.1) is 0 Å². The molecule has 25 heavy (non-hydrogen) atoms. The standard InChI is InChI=1S/C20H26N4O/c25-20(22-17-18-7-3-1-4-8-18)21-11-12-23-13-15-24(16-14-23)19-9-5-2-6-10-19/h1-10H,11-17H2,(H2,21,22,25). The fourth-order valence-electron chi connectivity index (χ4n) is 3.04. The summed E-state index contributed by atoms with van der Waals surface area (Å²) in [7, 11) is 0. The van der Waals surface area contributed by atoms with E-state index in [1.807, 2.05) is 36.4 Å². The highest BCUT2D eigenvalue weighted by atomic mass is 16.2. The van der Waals surface area contributed by atoms with Crippen LogP contribution in [0, 0.1) is 0 Å². The number of benzene rings is 2. The molecule has 2 amide bonds. The third-order valence-corrected chi connectivity index (χ3v) is 4.50. The van der Waals surface area contributed by atoms with E-state index < -0.39 is 0 Å². The maximum absolute atomic E-state index is 11.8. The number of hydrogen-bond acceptors (Lipinski definition) is 3. The molecular weight excluding hydrogens is 312 g/mol. The van der Waals surface area contributed by atoms with Gasteiger partial charge in [0.05, 0.1) is 0 Å². The van der Waals surface area contributed by atoms with Crippen LogP contribution < -0.4 is 15.5 Å². The van der Waals surface area contributed by atoms with Crippen molar-refractivity contribution >= 4 is 11.7 Å². The fraction of sp³-hybridized carbons (Fsp3) is 0.350. The number of rotatable bonds is 6. The van der Waals surface area contributed by atoms with Gasteiger partial charge < -0.3 is 15.5 Å². The maximum atomic E-state index is 11.8. The van der Waals surface area contributed by atoms with Crippen LogP contribution in [0.5, 0.6) is 0 Å². The quantitative estimate of drug-likeness (QED) is 0.850. The molecule has 2 aromatic rings. The number of urea groups is 1. The lowest BCUT2D eigenvalue weighted by atomic mass is 10.2. The minimum absolute atomic E-state index is 0.105. The van der Waals surface area contributed by atoms with Crippen molar-refractivity contribution in [3.05, 3.63) is 66.2 Å². The molecule has 2 N–H and O–H groups in total. The summed E-state index contributed by atoms with van der Waals surface area (Å²) in [5.41, 5.74) is 2.40. The Bertz CT molecular complexity index is 639. The Morgan fingerprint density at radius 3 is 2.16 bits per heavy atom. The lowest BCUT2D eigenvalue weighted by Crippen LogP contribution is -2.49. The zero-order valence-corrected chi connectivity index (χ0v) is 14.5. The molecule has 132 valence electrons. The van der Waals surface area contributed by atoms with Crippen LogP contribution in [0.1, 0.15) is 5.56 Å². The predicted molar refractivity (Wildman–Crippen MR) is 102 cm³/mol. The fourth-order valence-corrected chi connectivity index (χ4v) is 3.04. The molecule has 0 atom stereocenters. The van der Waals surface area contributed by atoms with Crippen LogP contribution in [-0.2, 0) is 6.54 Å². The van der Waals surface area contributed by atoms with Crippen molar-refractivity contribution in [2.24, 2.45) is 0 Å². The highest BCUT2D eigenvalue weighted by Gasteiger charge is 2.16. The van der Waals surface area contributed by atoms with Gasteiger partial charge in [0.15, 0.2) is 0 Å². The van der Waals surface area contributed by atoms with Gasteiger partial charge in [0.2, 0.25) is 0 Å². The number of nitrogens with zero attached hydrogens (tertiary/aromatic N) is 2. The van der Waals surface area contributed by atoms with E-state index >= 15 is 0 Å². The summed E-state index contributed by atoms with van der Waals surface area (Å²) < 4.78 is 0. The van der Waals surface area contributed by atoms with E-state index in [1.54, 1.807) is 0 Å². The second-order valence-electron chi connectivity index (χ2n) is 6.26. The van der Waals surface area contributed by atoms with Gasteiger partial charge in [-0.1, -0.05) is 48.5 Å². The summed E-state index contributed by atoms with van der Waals surface area (Å²) in [6.07, 6.45) is 0. The van der Waals surface area contributed by atoms with Gasteiger partial charge in [0, 0.05) is 51.5 Å². The average Bonchev–Trinajstić information content (AvgIpc) is 2.68. The van der Waals surface area contributed by atoms with Gasteiger partial charge >= 0.3 is 6.03 Å². The Morgan fingerprint density at radius 2 is 1.48 bits per heavy atom. The van der Waals surface area contributed by atoms with Gasteiger partial charge in [-0.25, -0.2) is 4.79 Å². The molecule has 1 saturated heterocycles. The number of carbonyl (C=O) groups excluding carboxylic acids is 1. The summed E-state index contributed by atoms with van der Waals surface area (Å²) in [6, 6.07) is 20.4. The lowest BCUT2D eigenvalue weighted by Gasteiger charge is -2.36. The number of para-hydroxylation sites is 1. The van der Waals surface area contributed by atoms with E-state index in [2.05, 4.69) is 44.7 Å². The van der Waals surface area contributed by atoms with Crippen molar-refractivity contribution in [3.8, 4) is 0 Å². The number of nitrogens with one attached hydrogen (secondary N) is 2. The molecule has 3 rings (SSSR count). The van der Waals surface area contributed by atoms with Crippen LogP contribution in [0.15, 0.2) is 60.7 Å². The average molecular weight is 338 g/mol. The van der Waals surface area contributed by atoms with Crippen LogP contribution in [0.4, 0.5) is 10.5 Å². The molecule has 0 aromatic heterocycles. The highest BCUT2D eigenvalue weighted by Crippen LogP contribution is 2.15. The molecule has 5 heteroatoms. The van der Waals surface area contributed by atoms with Crippen LogP contribution in [0.25, 0.3) is 0 Å². The zero-order valence-electron chi connectivity index (χ0n) is 14.5. The lowest BCUT2D eigenvalue weighted by molar-refractivity contribution is 0.231. The third kappa shape index (κ3) is 5.50. The van der Waals surface area contributed by atoms with Gasteiger partial charge in [-0.05, 0) is 17.7 Å². The second kappa shape index (κ2) is 9.08. The normalized spacial score (nSPS) is 15.0. The molecule has 5 nitrogen and oxygen atoms in total. The molecule has 1 aliphatic heterocycles. The topological polar surface area (TPSA) is 47.6 Å². The van der Waals surface area contributed by atoms with Crippen molar-refractivity contribution in [2.75, 3.05) is 44.2 Å². The first kappa shape index (κ1) is 17.3. The summed E-state index contributed by atoms with van der Waals surface area (Å²) in [6.45, 7) is 6.24. The first-order chi connectivity index (χ1) is 12.3. The molecule has 0 radical (unpaired) electrons. The smallest absolute Gasteiger partial charge is 0.315 e. The summed E-state index contributed by atoms with van der Waals surface area (Å²) in [5.74, 6) is 0. The summed E-state index contributed by atoms with van der Waals surface area (Å²) in [5, 5.41) is 5.83. The Kier molecular flexibility index (Phi) is 6.29. The Labute approximate surface area is 149 Å². The van der Waals surface area contributed by atoms with E-state index in [1.165, 1.54) is 5.69 Å². The summed E-state index contributed by atoms with van der Waals surface area (Å²) in [4.78, 5) is 16.7. The largest absolute Gasteiger partial charge is 0.369 e. The first-order valence-corrected chi connectivity index (χ1v) is 8.89. The molecule has 0 bridgehead atoms. The number of carbonyl (C=O) groups is 1. The van der Waals surface area contributed by atoms with E-state index in [0.29, 0.717) is 13.1 Å². The molecule has 1 fully saturated rings. The van der Waals surface area contributed by atoms with Gasteiger partial charge in [-0.2, -0.15) is 0 Å². The van der Waals surface area contributed by atoms with Crippen LogP contribution in [-0.4, -0.2) is 50.2 Å². The van der Waals surface area contributed by atoms with Crippen molar-refractivity contribution in [1.82, 2.24) is 15.5 Å². The van der Waals surface area contributed by atoms with Crippen molar-refractivity contribution in [2.45, 2.75) is 6.54 Å². The van der Waals surface area contributed by atoms with Crippen LogP contribution >= 0.6 is 0 Å². The van der Waals surface area contributed by atoms with E-state index in [-0.39, 0.29) is 6.03 Å². The molecule has 2 aromatic carbocycles. The minimum atomic E-state index is -0.105. The molecular formula is C20H26N4O. The van der Waals surface area contributed by atoms with Crippen molar-refractivity contribution in [1.29, 1.82) is 0 Å². The second-order valence-corrected chi connectivity index (χ2v) is 6.26. The van der Waals surface area contributed by atoms with Crippen LogP contribution in [0.3, 0.4) is 0 Å². The van der Waals surface area contributed by atoms with Crippen molar-refractivity contribution in [3.63, 3.8) is 0 Å². The molecule has 0 unspecified atom stereocenters. The van der Waals surface area contributed by atoms with E-state index in [9.17, 15) is 4.79 Å². The minimum Gasteiger partial charge on any atom is -0.369 e. The zero-order chi connectivity index (χ0) is 17.3. The Morgan fingerprint density at radius 1 is 0.840 bits per heavy atom. The summed E-state index contributed by atoms with van der Waals surface area (Å²) >= 11 is 0. The number of piperazine rings is 1. The number of anilines is 1. The predicted octanol–water partition coefficient (Wildman–Crippen LogP) is 2.31. The van der Waals surface area contributed by atoms with Gasteiger partial charge in [0.1, 0.15) is 0 Å². The molecule has 0 aliphatic carbocycles. The maximum Gasteiger partial charge on any atom is 0.315 e. The SMILES string of the molecule is O=C(NCCN1CCN(c2ccccc2)CC1)NCc1ccccc1. The number of amides is 2. The van der Waals surface area contributed by atoms with Crippen molar-refractivity contribution < 1.29 is 4.79 Å². The number of hydrogen-bond donors (Lipinski definition) is 2. The van der Waals surface area contributed by atoms with E-state index in [0.717, 1.165) is 38.3 Å². The molecule has 1 heterocycles. The third-order valence-electron chi connectivity index (χ3n) is 4.50. The molecule has 1 aliphatic rings. The monoisotopic (exact) mass is 338 g/mol. The molecule has 0 saturated carbocycles. The highest BCUT2D eigenvalue weighted by molar-refractivity contribution is 5.73. The van der Waals surface area contributed by atoms with Gasteiger partial charge in [0.25, 0.3) is 0 Å². The molecule has 0 spiro atoms.